The number of rotatable bonds is 7. The van der Waals surface area contributed by atoms with E-state index in [1.54, 1.807) is 4.90 Å². The summed E-state index contributed by atoms with van der Waals surface area (Å²) in [4.78, 5) is 28.1. The highest BCUT2D eigenvalue weighted by molar-refractivity contribution is 8.15. The number of thioether (sulfide) groups is 1. The highest BCUT2D eigenvalue weighted by Gasteiger charge is 2.63. The fourth-order valence-electron chi connectivity index (χ4n) is 5.08. The van der Waals surface area contributed by atoms with Crippen molar-refractivity contribution >= 4 is 39.3 Å². The van der Waals surface area contributed by atoms with Gasteiger partial charge in [0.25, 0.3) is 10.1 Å². The van der Waals surface area contributed by atoms with Crippen LogP contribution in [-0.2, 0) is 23.9 Å². The predicted octanol–water partition coefficient (Wildman–Crippen LogP) is 3.97. The zero-order valence-electron chi connectivity index (χ0n) is 18.5. The standard InChI is InChI=1S/C23H32N2O5S2/c1-17(26)16-30-32(28,29)23(22(27)24-18-10-4-2-5-11-18)25(19-12-6-3-7-13-19)20-14-8-9-15-21(20)31-23/h8-9,14-15,18-19H,2-7,10-13,16H2,1H3,(H,24,27). The molecule has 7 nitrogen and oxygen atoms in total. The number of hydrogen-bond acceptors (Lipinski definition) is 7. The van der Waals surface area contributed by atoms with Crippen LogP contribution in [0.5, 0.6) is 0 Å². The first-order chi connectivity index (χ1) is 15.3. The Morgan fingerprint density at radius 3 is 2.34 bits per heavy atom. The summed E-state index contributed by atoms with van der Waals surface area (Å²) in [5.41, 5.74) is 0.748. The van der Waals surface area contributed by atoms with Crippen molar-refractivity contribution in [1.29, 1.82) is 0 Å². The summed E-state index contributed by atoms with van der Waals surface area (Å²) in [6.07, 6.45) is 9.57. The van der Waals surface area contributed by atoms with Crippen LogP contribution < -0.4 is 10.2 Å². The van der Waals surface area contributed by atoms with Gasteiger partial charge in [-0.15, -0.1) is 0 Å². The number of nitrogens with zero attached hydrogens (tertiary/aromatic N) is 1. The summed E-state index contributed by atoms with van der Waals surface area (Å²) in [6, 6.07) is 7.32. The zero-order valence-corrected chi connectivity index (χ0v) is 20.2. The van der Waals surface area contributed by atoms with Gasteiger partial charge >= 0.3 is 10.1 Å². The molecule has 0 bridgehead atoms. The van der Waals surface area contributed by atoms with E-state index in [9.17, 15) is 18.0 Å². The van der Waals surface area contributed by atoms with E-state index in [0.29, 0.717) is 0 Å². The number of amides is 1. The van der Waals surface area contributed by atoms with Gasteiger partial charge in [-0.2, -0.15) is 8.42 Å². The lowest BCUT2D eigenvalue weighted by Crippen LogP contribution is -2.64. The van der Waals surface area contributed by atoms with Crippen LogP contribution >= 0.6 is 11.8 Å². The second-order valence-corrected chi connectivity index (χ2v) is 12.3. The SMILES string of the molecule is CC(=O)COS(=O)(=O)C1(C(=O)NC2CCCCC2)Sc2ccccc2N1C1CCCCC1. The molecule has 0 aromatic heterocycles. The number of anilines is 1. The van der Waals surface area contributed by atoms with E-state index in [1.165, 1.54) is 6.92 Å². The number of nitrogens with one attached hydrogen (secondary N) is 1. The van der Waals surface area contributed by atoms with E-state index in [2.05, 4.69) is 5.32 Å². The Morgan fingerprint density at radius 1 is 1.06 bits per heavy atom. The van der Waals surface area contributed by atoms with Crippen molar-refractivity contribution in [3.8, 4) is 0 Å². The van der Waals surface area contributed by atoms with Crippen molar-refractivity contribution < 1.29 is 22.2 Å². The minimum atomic E-state index is -4.48. The van der Waals surface area contributed by atoms with Crippen molar-refractivity contribution in [1.82, 2.24) is 5.32 Å². The van der Waals surface area contributed by atoms with Gasteiger partial charge in [0, 0.05) is 17.0 Å². The van der Waals surface area contributed by atoms with Crippen LogP contribution in [0, 0.1) is 0 Å². The second kappa shape index (κ2) is 9.73. The lowest BCUT2D eigenvalue weighted by molar-refractivity contribution is -0.123. The maximum absolute atomic E-state index is 13.9. The number of Topliss-reactive ketones (excluding diaryl/α,β-unsaturated/α-hetero) is 1. The topological polar surface area (TPSA) is 92.8 Å². The largest absolute Gasteiger partial charge is 0.350 e. The monoisotopic (exact) mass is 480 g/mol. The average Bonchev–Trinajstić information content (AvgIpc) is 3.16. The van der Waals surface area contributed by atoms with Crippen molar-refractivity contribution in [2.75, 3.05) is 11.5 Å². The molecule has 176 valence electrons. The molecule has 9 heteroatoms. The first kappa shape index (κ1) is 23.6. The molecular weight excluding hydrogens is 448 g/mol. The van der Waals surface area contributed by atoms with E-state index in [1.807, 2.05) is 24.3 Å². The molecule has 1 aromatic carbocycles. The highest BCUT2D eigenvalue weighted by Crippen LogP contribution is 2.55. The number of para-hydroxylation sites is 1. The minimum Gasteiger partial charge on any atom is -0.350 e. The second-order valence-electron chi connectivity index (χ2n) is 9.04. The van der Waals surface area contributed by atoms with Crippen LogP contribution in [-0.4, -0.2) is 43.0 Å². The zero-order chi connectivity index (χ0) is 22.8. The van der Waals surface area contributed by atoms with Gasteiger partial charge in [0.2, 0.25) is 0 Å². The van der Waals surface area contributed by atoms with Crippen molar-refractivity contribution in [2.45, 2.75) is 92.3 Å². The molecule has 1 atom stereocenters. The minimum absolute atomic E-state index is 0.0475. The van der Waals surface area contributed by atoms with E-state index < -0.39 is 32.6 Å². The molecule has 32 heavy (non-hydrogen) atoms. The van der Waals surface area contributed by atoms with Crippen molar-refractivity contribution in [3.63, 3.8) is 0 Å². The molecule has 0 spiro atoms. The molecule has 2 saturated carbocycles. The van der Waals surface area contributed by atoms with Crippen LogP contribution in [0.2, 0.25) is 0 Å². The molecular formula is C23H32N2O5S2. The van der Waals surface area contributed by atoms with Crippen molar-refractivity contribution in [3.05, 3.63) is 24.3 Å². The Hall–Kier alpha value is -1.58. The van der Waals surface area contributed by atoms with Crippen molar-refractivity contribution in [2.24, 2.45) is 0 Å². The fourth-order valence-corrected chi connectivity index (χ4v) is 8.37. The molecule has 1 aromatic rings. The summed E-state index contributed by atoms with van der Waals surface area (Å²) in [6.45, 7) is 0.704. The molecule has 1 unspecified atom stereocenters. The molecule has 1 N–H and O–H groups in total. The summed E-state index contributed by atoms with van der Waals surface area (Å²) in [5.74, 6) is -0.958. The molecule has 4 rings (SSSR count). The molecule has 1 aliphatic heterocycles. The Morgan fingerprint density at radius 2 is 1.69 bits per heavy atom. The normalized spacial score (nSPS) is 24.8. The maximum atomic E-state index is 13.9. The van der Waals surface area contributed by atoms with E-state index in [-0.39, 0.29) is 12.1 Å². The van der Waals surface area contributed by atoms with Crippen LogP contribution in [0.1, 0.15) is 71.1 Å². The Bertz CT molecular complexity index is 955. The van der Waals surface area contributed by atoms with Gasteiger partial charge in [-0.25, -0.2) is 0 Å². The van der Waals surface area contributed by atoms with Crippen LogP contribution in [0.4, 0.5) is 5.69 Å². The summed E-state index contributed by atoms with van der Waals surface area (Å²) in [7, 11) is -4.48. The van der Waals surface area contributed by atoms with Gasteiger partial charge in [0.05, 0.1) is 5.69 Å². The first-order valence-electron chi connectivity index (χ1n) is 11.6. The Balaban J connectivity index is 1.79. The number of fused-ring (bicyclic) bond motifs is 1. The Labute approximate surface area is 194 Å². The lowest BCUT2D eigenvalue weighted by Gasteiger charge is -2.43. The highest BCUT2D eigenvalue weighted by atomic mass is 32.3. The molecule has 2 fully saturated rings. The van der Waals surface area contributed by atoms with Gasteiger partial charge < -0.3 is 10.2 Å². The van der Waals surface area contributed by atoms with E-state index in [0.717, 1.165) is 86.6 Å². The van der Waals surface area contributed by atoms with Gasteiger partial charge in [-0.05, 0) is 44.7 Å². The molecule has 1 amide bonds. The summed E-state index contributed by atoms with van der Waals surface area (Å²) in [5, 5.41) is 3.05. The van der Waals surface area contributed by atoms with Crippen LogP contribution in [0.25, 0.3) is 0 Å². The lowest BCUT2D eigenvalue weighted by atomic mass is 9.93. The summed E-state index contributed by atoms with van der Waals surface area (Å²) >= 11 is 1.03. The predicted molar refractivity (Wildman–Crippen MR) is 125 cm³/mol. The van der Waals surface area contributed by atoms with Gasteiger partial charge in [-0.3, -0.25) is 13.8 Å². The maximum Gasteiger partial charge on any atom is 0.312 e. The quantitative estimate of drug-likeness (QED) is 0.590. The molecule has 0 saturated heterocycles. The van der Waals surface area contributed by atoms with Gasteiger partial charge in [0.15, 0.2) is 5.78 Å². The molecule has 3 aliphatic rings. The third kappa shape index (κ3) is 4.43. The van der Waals surface area contributed by atoms with E-state index >= 15 is 0 Å². The molecule has 0 radical (unpaired) electrons. The van der Waals surface area contributed by atoms with Crippen LogP contribution in [0.3, 0.4) is 0 Å². The molecule has 1 heterocycles. The fraction of sp³-hybridized carbons (Fsp3) is 0.652. The molecule has 2 aliphatic carbocycles. The average molecular weight is 481 g/mol. The third-order valence-electron chi connectivity index (χ3n) is 6.61. The van der Waals surface area contributed by atoms with Gasteiger partial charge in [0.1, 0.15) is 6.61 Å². The van der Waals surface area contributed by atoms with E-state index in [4.69, 9.17) is 4.18 Å². The Kier molecular flexibility index (Phi) is 7.17. The first-order valence-corrected chi connectivity index (χ1v) is 13.8. The number of carbonyl (C=O) groups is 2. The smallest absolute Gasteiger partial charge is 0.312 e. The van der Waals surface area contributed by atoms with Crippen LogP contribution in [0.15, 0.2) is 29.2 Å². The number of carbonyl (C=O) groups excluding carboxylic acids is 2. The third-order valence-corrected chi connectivity index (χ3v) is 10.2. The summed E-state index contributed by atoms with van der Waals surface area (Å²) < 4.78 is 30.8. The number of benzene rings is 1. The number of hydrogen-bond donors (Lipinski definition) is 1. The van der Waals surface area contributed by atoms with Gasteiger partial charge in [-0.1, -0.05) is 62.4 Å². The number of ketones is 1.